The van der Waals surface area contributed by atoms with Gasteiger partial charge in [-0.25, -0.2) is 0 Å². The van der Waals surface area contributed by atoms with Crippen LogP contribution in [-0.2, 0) is 14.3 Å². The Morgan fingerprint density at radius 2 is 1.94 bits per heavy atom. The Bertz CT molecular complexity index is 438. The molecule has 1 aromatic rings. The fourth-order valence-electron chi connectivity index (χ4n) is 1.39. The molecular weight excluding hydrogens is 296 g/mol. The van der Waals surface area contributed by atoms with E-state index < -0.39 is 5.97 Å². The minimum Gasteiger partial charge on any atom is -0.461 e. The molecule has 0 bridgehead atoms. The quantitative estimate of drug-likeness (QED) is 0.461. The van der Waals surface area contributed by atoms with E-state index in [9.17, 15) is 9.59 Å². The van der Waals surface area contributed by atoms with Gasteiger partial charge in [0.25, 0.3) is 0 Å². The van der Waals surface area contributed by atoms with Crippen LogP contribution >= 0.6 is 15.9 Å². The molecule has 1 aromatic carbocycles. The molecule has 1 rings (SSSR count). The summed E-state index contributed by atoms with van der Waals surface area (Å²) in [5.41, 5.74) is 2.13. The van der Waals surface area contributed by atoms with Gasteiger partial charge in [0.1, 0.15) is 18.8 Å². The zero-order valence-corrected chi connectivity index (χ0v) is 11.8. The van der Waals surface area contributed by atoms with Crippen molar-refractivity contribution >= 4 is 33.3 Å². The molecule has 0 unspecified atom stereocenters. The lowest BCUT2D eigenvalue weighted by Crippen LogP contribution is -2.09. The van der Waals surface area contributed by atoms with Crippen LogP contribution in [0.25, 0.3) is 5.57 Å². The number of benzene rings is 1. The summed E-state index contributed by atoms with van der Waals surface area (Å²) in [5.74, 6) is -0.673. The van der Waals surface area contributed by atoms with Crippen LogP contribution in [0.1, 0.15) is 18.9 Å². The third-order valence-corrected chi connectivity index (χ3v) is 2.86. The molecule has 0 amide bonds. The molecule has 96 valence electrons. The van der Waals surface area contributed by atoms with Crippen LogP contribution < -0.4 is 0 Å². The predicted molar refractivity (Wildman–Crippen MR) is 74.5 cm³/mol. The highest BCUT2D eigenvalue weighted by atomic mass is 79.9. The van der Waals surface area contributed by atoms with Gasteiger partial charge < -0.3 is 4.74 Å². The SMILES string of the molecule is CC(=O)CC(=O)OC/C=C(/CBr)c1ccccc1. The van der Waals surface area contributed by atoms with Crippen molar-refractivity contribution in [2.24, 2.45) is 0 Å². The Hall–Kier alpha value is -1.42. The number of hydrogen-bond acceptors (Lipinski definition) is 3. The number of rotatable bonds is 6. The molecule has 0 saturated carbocycles. The Morgan fingerprint density at radius 3 is 2.50 bits per heavy atom. The average molecular weight is 311 g/mol. The second kappa shape index (κ2) is 7.82. The maximum Gasteiger partial charge on any atom is 0.313 e. The number of carbonyl (C=O) groups excluding carboxylic acids is 2. The number of Topliss-reactive ketones (excluding diaryl/α,β-unsaturated/α-hetero) is 1. The minimum atomic E-state index is -0.485. The number of allylic oxidation sites excluding steroid dienone is 1. The second-order valence-corrected chi connectivity index (χ2v) is 4.35. The first-order chi connectivity index (χ1) is 8.63. The van der Waals surface area contributed by atoms with Crippen molar-refractivity contribution < 1.29 is 14.3 Å². The molecule has 0 N–H and O–H groups in total. The van der Waals surface area contributed by atoms with E-state index in [0.717, 1.165) is 11.1 Å². The smallest absolute Gasteiger partial charge is 0.313 e. The third-order valence-electron chi connectivity index (χ3n) is 2.26. The molecule has 0 saturated heterocycles. The Labute approximate surface area is 115 Å². The van der Waals surface area contributed by atoms with Crippen LogP contribution in [0.2, 0.25) is 0 Å². The molecule has 4 heteroatoms. The van der Waals surface area contributed by atoms with Gasteiger partial charge in [0.15, 0.2) is 0 Å². The molecule has 0 radical (unpaired) electrons. The lowest BCUT2D eigenvalue weighted by atomic mass is 10.1. The number of ketones is 1. The highest BCUT2D eigenvalue weighted by Gasteiger charge is 2.05. The maximum absolute atomic E-state index is 11.2. The molecule has 0 aromatic heterocycles. The van der Waals surface area contributed by atoms with Crippen molar-refractivity contribution in [1.82, 2.24) is 0 Å². The van der Waals surface area contributed by atoms with Crippen molar-refractivity contribution in [3.63, 3.8) is 0 Å². The summed E-state index contributed by atoms with van der Waals surface area (Å²) >= 11 is 3.40. The van der Waals surface area contributed by atoms with Crippen molar-refractivity contribution in [2.75, 3.05) is 11.9 Å². The summed E-state index contributed by atoms with van der Waals surface area (Å²) in [6.07, 6.45) is 1.67. The van der Waals surface area contributed by atoms with Crippen LogP contribution in [0.5, 0.6) is 0 Å². The molecule has 0 spiro atoms. The lowest BCUT2D eigenvalue weighted by Gasteiger charge is -2.05. The summed E-state index contributed by atoms with van der Waals surface area (Å²) in [5, 5.41) is 0.682. The number of halogens is 1. The summed E-state index contributed by atoms with van der Waals surface area (Å²) in [6, 6.07) is 9.83. The van der Waals surface area contributed by atoms with E-state index in [0.29, 0.717) is 5.33 Å². The fourth-order valence-corrected chi connectivity index (χ4v) is 1.94. The Morgan fingerprint density at radius 1 is 1.28 bits per heavy atom. The fraction of sp³-hybridized carbons (Fsp3) is 0.286. The van der Waals surface area contributed by atoms with Crippen LogP contribution in [-0.4, -0.2) is 23.7 Å². The van der Waals surface area contributed by atoms with Gasteiger partial charge in [-0.1, -0.05) is 46.3 Å². The molecule has 0 aliphatic carbocycles. The molecule has 0 fully saturated rings. The summed E-state index contributed by atoms with van der Waals surface area (Å²) in [7, 11) is 0. The van der Waals surface area contributed by atoms with Crippen molar-refractivity contribution in [2.45, 2.75) is 13.3 Å². The molecule has 18 heavy (non-hydrogen) atoms. The van der Waals surface area contributed by atoms with Crippen LogP contribution in [0.15, 0.2) is 36.4 Å². The number of hydrogen-bond donors (Lipinski definition) is 0. The number of alkyl halides is 1. The largest absolute Gasteiger partial charge is 0.461 e. The van der Waals surface area contributed by atoms with E-state index >= 15 is 0 Å². The first kappa shape index (κ1) is 14.6. The van der Waals surface area contributed by atoms with Crippen LogP contribution in [0.3, 0.4) is 0 Å². The summed E-state index contributed by atoms with van der Waals surface area (Å²) in [6.45, 7) is 1.55. The van der Waals surface area contributed by atoms with Crippen LogP contribution in [0, 0.1) is 0 Å². The Kier molecular flexibility index (Phi) is 6.36. The maximum atomic E-state index is 11.2. The van der Waals surface area contributed by atoms with E-state index in [4.69, 9.17) is 4.74 Å². The summed E-state index contributed by atoms with van der Waals surface area (Å²) in [4.78, 5) is 21.9. The van der Waals surface area contributed by atoms with E-state index in [2.05, 4.69) is 15.9 Å². The van der Waals surface area contributed by atoms with E-state index in [1.807, 2.05) is 36.4 Å². The van der Waals surface area contributed by atoms with Gasteiger partial charge in [-0.15, -0.1) is 0 Å². The minimum absolute atomic E-state index is 0.164. The number of carbonyl (C=O) groups is 2. The standard InChI is InChI=1S/C14H15BrO3/c1-11(16)9-14(17)18-8-7-13(10-15)12-5-3-2-4-6-12/h2-7H,8-10H2,1H3/b13-7-. The van der Waals surface area contributed by atoms with Gasteiger partial charge in [0.05, 0.1) is 0 Å². The highest BCUT2D eigenvalue weighted by Crippen LogP contribution is 2.16. The van der Waals surface area contributed by atoms with Gasteiger partial charge in [0.2, 0.25) is 0 Å². The molecule has 0 atom stereocenters. The van der Waals surface area contributed by atoms with Gasteiger partial charge in [0, 0.05) is 5.33 Å². The average Bonchev–Trinajstić information content (AvgIpc) is 2.35. The molecule has 0 heterocycles. The number of esters is 1. The zero-order chi connectivity index (χ0) is 13.4. The van der Waals surface area contributed by atoms with E-state index in [-0.39, 0.29) is 18.8 Å². The lowest BCUT2D eigenvalue weighted by molar-refractivity contribution is -0.144. The molecule has 0 aliphatic heterocycles. The van der Waals surface area contributed by atoms with Crippen LogP contribution in [0.4, 0.5) is 0 Å². The Balaban J connectivity index is 2.54. The third kappa shape index (κ3) is 5.27. The number of ether oxygens (including phenoxy) is 1. The van der Waals surface area contributed by atoms with Crippen molar-refractivity contribution in [3.05, 3.63) is 42.0 Å². The molecular formula is C14H15BrO3. The topological polar surface area (TPSA) is 43.4 Å². The van der Waals surface area contributed by atoms with Gasteiger partial charge in [-0.05, 0) is 24.1 Å². The monoisotopic (exact) mass is 310 g/mol. The van der Waals surface area contributed by atoms with Gasteiger partial charge >= 0.3 is 5.97 Å². The highest BCUT2D eigenvalue weighted by molar-refractivity contribution is 9.09. The second-order valence-electron chi connectivity index (χ2n) is 3.79. The van der Waals surface area contributed by atoms with E-state index in [1.54, 1.807) is 0 Å². The van der Waals surface area contributed by atoms with Gasteiger partial charge in [-0.3, -0.25) is 9.59 Å². The van der Waals surface area contributed by atoms with E-state index in [1.165, 1.54) is 6.92 Å². The summed E-state index contributed by atoms with van der Waals surface area (Å²) < 4.78 is 4.95. The van der Waals surface area contributed by atoms with Crippen molar-refractivity contribution in [1.29, 1.82) is 0 Å². The normalized spacial score (nSPS) is 11.1. The first-order valence-electron chi connectivity index (χ1n) is 5.59. The molecule has 0 aliphatic rings. The zero-order valence-electron chi connectivity index (χ0n) is 10.2. The molecule has 3 nitrogen and oxygen atoms in total. The van der Waals surface area contributed by atoms with Crippen molar-refractivity contribution in [3.8, 4) is 0 Å². The predicted octanol–water partition coefficient (Wildman–Crippen LogP) is 2.99. The van der Waals surface area contributed by atoms with Gasteiger partial charge in [-0.2, -0.15) is 0 Å². The first-order valence-corrected chi connectivity index (χ1v) is 6.71.